The average molecular weight is 759 g/mol. The van der Waals surface area contributed by atoms with Gasteiger partial charge in [-0.25, -0.2) is 24.0 Å². The lowest BCUT2D eigenvalue weighted by Gasteiger charge is -2.19. The molecule has 3 aromatic carbocycles. The Morgan fingerprint density at radius 2 is 1.24 bits per heavy atom. The van der Waals surface area contributed by atoms with E-state index in [-0.39, 0.29) is 33.2 Å². The van der Waals surface area contributed by atoms with E-state index in [1.807, 2.05) is 13.0 Å². The second kappa shape index (κ2) is 22.8. The van der Waals surface area contributed by atoms with Gasteiger partial charge in [0.1, 0.15) is 23.9 Å². The van der Waals surface area contributed by atoms with Crippen LogP contribution in [-0.4, -0.2) is 75.8 Å². The molecule has 0 saturated carbocycles. The van der Waals surface area contributed by atoms with E-state index in [1.54, 1.807) is 62.4 Å². The van der Waals surface area contributed by atoms with Crippen LogP contribution in [-0.2, 0) is 44.5 Å². The highest BCUT2D eigenvalue weighted by molar-refractivity contribution is 5.91. The maximum atomic E-state index is 13.0. The molecular weight excluding hydrogens is 712 g/mol. The van der Waals surface area contributed by atoms with Crippen LogP contribution in [0.4, 0.5) is 0 Å². The fraction of sp³-hybridized carbons (Fsp3) is 0.310. The highest BCUT2D eigenvalue weighted by atomic mass is 16.7. The number of ether oxygens (including phenoxy) is 8. The molecule has 0 aromatic heterocycles. The first kappa shape index (κ1) is 43.2. The molecule has 0 aliphatic heterocycles. The van der Waals surface area contributed by atoms with Gasteiger partial charge in [0.2, 0.25) is 6.79 Å². The number of carbonyl (C=O) groups excluding carboxylic acids is 5. The minimum atomic E-state index is -0.724. The summed E-state index contributed by atoms with van der Waals surface area (Å²) in [6, 6.07) is 14.8. The van der Waals surface area contributed by atoms with Gasteiger partial charge in [-0.15, -0.1) is 0 Å². The van der Waals surface area contributed by atoms with E-state index in [4.69, 9.17) is 37.9 Å². The van der Waals surface area contributed by atoms with Gasteiger partial charge in [-0.1, -0.05) is 25.8 Å². The van der Waals surface area contributed by atoms with E-state index in [2.05, 4.69) is 19.7 Å². The normalized spacial score (nSPS) is 11.0. The van der Waals surface area contributed by atoms with Crippen LogP contribution in [0.3, 0.4) is 0 Å². The first-order valence-corrected chi connectivity index (χ1v) is 17.4. The molecule has 1 atom stereocenters. The SMILES string of the molecule is C=CC(=O)OCCCCOCC(COc1ccc(C(=O)Oc2ccc(CCOC(=O)c3ccc(OCOC(=O)C=C)c(C)c3)c(C)c2)cc1C)OC(=O)C=C. The molecule has 3 aromatic rings. The molecule has 0 fully saturated rings. The lowest BCUT2D eigenvalue weighted by atomic mass is 10.1. The predicted molar refractivity (Wildman–Crippen MR) is 201 cm³/mol. The smallest absolute Gasteiger partial charge is 0.343 e. The van der Waals surface area contributed by atoms with Crippen molar-refractivity contribution in [3.63, 3.8) is 0 Å². The summed E-state index contributed by atoms with van der Waals surface area (Å²) in [7, 11) is 0. The van der Waals surface area contributed by atoms with Crippen LogP contribution in [0.15, 0.2) is 92.6 Å². The summed E-state index contributed by atoms with van der Waals surface area (Å²) in [4.78, 5) is 59.8. The minimum absolute atomic E-state index is 0.00777. The van der Waals surface area contributed by atoms with Crippen molar-refractivity contribution >= 4 is 29.8 Å². The van der Waals surface area contributed by atoms with E-state index in [1.165, 1.54) is 0 Å². The molecule has 0 spiro atoms. The molecular formula is C42H46O13. The van der Waals surface area contributed by atoms with Crippen molar-refractivity contribution in [3.05, 3.63) is 126 Å². The Labute approximate surface area is 320 Å². The van der Waals surface area contributed by atoms with Crippen molar-refractivity contribution in [1.82, 2.24) is 0 Å². The monoisotopic (exact) mass is 758 g/mol. The summed E-state index contributed by atoms with van der Waals surface area (Å²) >= 11 is 0. The number of carbonyl (C=O) groups is 5. The quantitative estimate of drug-likeness (QED) is 0.0265. The van der Waals surface area contributed by atoms with Gasteiger partial charge < -0.3 is 37.9 Å². The molecule has 55 heavy (non-hydrogen) atoms. The molecule has 0 saturated heterocycles. The predicted octanol–water partition coefficient (Wildman–Crippen LogP) is 6.30. The molecule has 0 heterocycles. The van der Waals surface area contributed by atoms with Crippen molar-refractivity contribution in [3.8, 4) is 17.2 Å². The van der Waals surface area contributed by atoms with Crippen LogP contribution < -0.4 is 14.2 Å². The molecule has 0 radical (unpaired) electrons. The Balaban J connectivity index is 1.47. The standard InChI is InChI=1S/C42H46O13/c1-7-38(43)49-20-11-10-19-48-25-35(54-40(45)9-3)26-51-36-16-14-33(23-29(36)5)42(47)55-34-15-12-31(28(4)24-34)18-21-50-41(46)32-13-17-37(30(6)22-32)52-27-53-39(44)8-2/h7-9,12-17,22-24,35H,1-3,10-11,18-21,25-27H2,4-6H3. The second-order valence-electron chi connectivity index (χ2n) is 12.0. The molecule has 0 amide bonds. The highest BCUT2D eigenvalue weighted by Gasteiger charge is 2.17. The molecule has 292 valence electrons. The van der Waals surface area contributed by atoms with Crippen LogP contribution in [0.5, 0.6) is 17.2 Å². The second-order valence-corrected chi connectivity index (χ2v) is 12.0. The van der Waals surface area contributed by atoms with Gasteiger partial charge in [0.25, 0.3) is 0 Å². The van der Waals surface area contributed by atoms with Gasteiger partial charge in [-0.05, 0) is 104 Å². The van der Waals surface area contributed by atoms with Crippen molar-refractivity contribution in [2.24, 2.45) is 0 Å². The summed E-state index contributed by atoms with van der Waals surface area (Å²) in [5.74, 6) is -1.49. The third kappa shape index (κ3) is 15.0. The van der Waals surface area contributed by atoms with E-state index >= 15 is 0 Å². The number of rotatable bonds is 23. The van der Waals surface area contributed by atoms with E-state index in [0.717, 1.165) is 29.4 Å². The maximum absolute atomic E-state index is 13.0. The molecule has 3 rings (SSSR count). The lowest BCUT2D eigenvalue weighted by Crippen LogP contribution is -2.29. The summed E-state index contributed by atoms with van der Waals surface area (Å²) in [6.45, 7) is 16.0. The van der Waals surface area contributed by atoms with E-state index in [0.29, 0.717) is 65.4 Å². The van der Waals surface area contributed by atoms with Gasteiger partial charge in [-0.2, -0.15) is 0 Å². The summed E-state index contributed by atoms with van der Waals surface area (Å²) in [6.07, 6.45) is 4.13. The van der Waals surface area contributed by atoms with Crippen molar-refractivity contribution in [2.45, 2.75) is 46.1 Å². The van der Waals surface area contributed by atoms with Crippen LogP contribution in [0.2, 0.25) is 0 Å². The molecule has 0 aliphatic carbocycles. The number of esters is 5. The highest BCUT2D eigenvalue weighted by Crippen LogP contribution is 2.24. The number of benzene rings is 3. The first-order chi connectivity index (χ1) is 26.4. The zero-order valence-electron chi connectivity index (χ0n) is 31.3. The van der Waals surface area contributed by atoms with Gasteiger partial charge in [-0.3, -0.25) is 0 Å². The summed E-state index contributed by atoms with van der Waals surface area (Å²) in [5.41, 5.74) is 3.74. The molecule has 0 bridgehead atoms. The van der Waals surface area contributed by atoms with Gasteiger partial charge in [0.05, 0.1) is 30.9 Å². The van der Waals surface area contributed by atoms with Crippen molar-refractivity contribution in [1.29, 1.82) is 0 Å². The largest absolute Gasteiger partial charge is 0.489 e. The van der Waals surface area contributed by atoms with Crippen molar-refractivity contribution in [2.75, 3.05) is 39.8 Å². The Hall–Kier alpha value is -6.21. The third-order valence-corrected chi connectivity index (χ3v) is 7.80. The Morgan fingerprint density at radius 3 is 1.87 bits per heavy atom. The Morgan fingerprint density at radius 1 is 0.618 bits per heavy atom. The third-order valence-electron chi connectivity index (χ3n) is 7.80. The van der Waals surface area contributed by atoms with Crippen molar-refractivity contribution < 1.29 is 61.9 Å². The molecule has 0 aliphatic rings. The lowest BCUT2D eigenvalue weighted by molar-refractivity contribution is -0.148. The number of hydrogen-bond acceptors (Lipinski definition) is 13. The minimum Gasteiger partial charge on any atom is -0.489 e. The van der Waals surface area contributed by atoms with Crippen LogP contribution in [0.1, 0.15) is 55.8 Å². The average Bonchev–Trinajstić information content (AvgIpc) is 3.17. The van der Waals surface area contributed by atoms with Gasteiger partial charge in [0.15, 0.2) is 6.10 Å². The van der Waals surface area contributed by atoms with E-state index in [9.17, 15) is 24.0 Å². The Kier molecular flexibility index (Phi) is 17.9. The molecule has 13 heteroatoms. The van der Waals surface area contributed by atoms with Crippen LogP contribution in [0.25, 0.3) is 0 Å². The summed E-state index contributed by atoms with van der Waals surface area (Å²) < 4.78 is 43.1. The van der Waals surface area contributed by atoms with Crippen LogP contribution >= 0.6 is 0 Å². The number of aryl methyl sites for hydroxylation is 3. The topological polar surface area (TPSA) is 159 Å². The summed E-state index contributed by atoms with van der Waals surface area (Å²) in [5, 5.41) is 0. The Bertz CT molecular complexity index is 1840. The molecule has 13 nitrogen and oxygen atoms in total. The van der Waals surface area contributed by atoms with Gasteiger partial charge >= 0.3 is 29.8 Å². The molecule has 0 N–H and O–H groups in total. The van der Waals surface area contributed by atoms with Crippen LogP contribution in [0, 0.1) is 20.8 Å². The van der Waals surface area contributed by atoms with Gasteiger partial charge in [0, 0.05) is 31.3 Å². The molecule has 1 unspecified atom stereocenters. The number of unbranched alkanes of at least 4 members (excludes halogenated alkanes) is 1. The zero-order valence-corrected chi connectivity index (χ0v) is 31.3. The van der Waals surface area contributed by atoms with E-state index < -0.39 is 36.0 Å². The first-order valence-electron chi connectivity index (χ1n) is 17.4. The number of hydrogen-bond donors (Lipinski definition) is 0. The zero-order chi connectivity index (χ0) is 40.2. The maximum Gasteiger partial charge on any atom is 0.343 e. The fourth-order valence-corrected chi connectivity index (χ4v) is 4.87. The fourth-order valence-electron chi connectivity index (χ4n) is 4.87.